The molecular weight excluding hydrogens is 389 g/mol. The van der Waals surface area contributed by atoms with Gasteiger partial charge in [-0.05, 0) is 41.8 Å². The van der Waals surface area contributed by atoms with Crippen LogP contribution in [0.3, 0.4) is 0 Å². The Morgan fingerprint density at radius 2 is 1.81 bits per heavy atom. The maximum Gasteiger partial charge on any atom is 0.248 e. The molecule has 2 aromatic rings. The van der Waals surface area contributed by atoms with Crippen LogP contribution in [0.4, 0.5) is 5.95 Å². The molecule has 0 saturated heterocycles. The average Bonchev–Trinajstić information content (AvgIpc) is 3.12. The highest BCUT2D eigenvalue weighted by Crippen LogP contribution is 2.13. The lowest BCUT2D eigenvalue weighted by Crippen LogP contribution is -2.52. The van der Waals surface area contributed by atoms with Gasteiger partial charge in [-0.3, -0.25) is 4.79 Å². The molecule has 4 N–H and O–H groups in total. The summed E-state index contributed by atoms with van der Waals surface area (Å²) >= 11 is 0. The van der Waals surface area contributed by atoms with E-state index in [9.17, 15) is 4.79 Å². The molecule has 27 heavy (non-hydrogen) atoms. The van der Waals surface area contributed by atoms with Crippen molar-refractivity contribution in [3.8, 4) is 5.69 Å². The molecule has 0 aliphatic rings. The Bertz CT molecular complexity index is 677. The molecule has 1 atom stereocenters. The second-order valence-corrected chi connectivity index (χ2v) is 6.14. The van der Waals surface area contributed by atoms with Crippen LogP contribution in [0.15, 0.2) is 30.3 Å². The molecular formula is C17H29Cl2N7O. The Hall–Kier alpha value is -1.90. The van der Waals surface area contributed by atoms with E-state index in [0.717, 1.165) is 18.5 Å². The van der Waals surface area contributed by atoms with Gasteiger partial charge in [0.25, 0.3) is 0 Å². The standard InChI is InChI=1S/C17H27N7O.2ClH/c1-4-14(15(25)19-12-17(18,5-2)6-3)20-16-21-22-23-24(16)13-10-8-7-9-11-13;;/h7-11,14H,4-6,12,18H2,1-3H3,(H,19,25)(H,20,21,23);2*1H. The first-order valence-corrected chi connectivity index (χ1v) is 8.70. The summed E-state index contributed by atoms with van der Waals surface area (Å²) in [6.07, 6.45) is 2.21. The number of halogens is 2. The lowest BCUT2D eigenvalue weighted by atomic mass is 9.94. The predicted octanol–water partition coefficient (Wildman–Crippen LogP) is 2.33. The highest BCUT2D eigenvalue weighted by atomic mass is 35.5. The largest absolute Gasteiger partial charge is 0.352 e. The van der Waals surface area contributed by atoms with Gasteiger partial charge in [-0.1, -0.05) is 44.1 Å². The number of nitrogens with one attached hydrogen (secondary N) is 2. The summed E-state index contributed by atoms with van der Waals surface area (Å²) in [5, 5.41) is 17.7. The van der Waals surface area contributed by atoms with E-state index in [2.05, 4.69) is 26.2 Å². The molecule has 1 heterocycles. The van der Waals surface area contributed by atoms with Gasteiger partial charge in [0.15, 0.2) is 0 Å². The Kier molecular flexibility index (Phi) is 10.9. The molecule has 1 aromatic heterocycles. The van der Waals surface area contributed by atoms with Crippen LogP contribution in [0.25, 0.3) is 5.69 Å². The number of rotatable bonds is 9. The van der Waals surface area contributed by atoms with Crippen molar-refractivity contribution < 1.29 is 4.79 Å². The van der Waals surface area contributed by atoms with Crippen molar-refractivity contribution in [1.82, 2.24) is 25.5 Å². The number of nitrogens with two attached hydrogens (primary N) is 1. The average molecular weight is 418 g/mol. The van der Waals surface area contributed by atoms with Crippen LogP contribution in [0.2, 0.25) is 0 Å². The molecule has 10 heteroatoms. The fourth-order valence-electron chi connectivity index (χ4n) is 2.42. The minimum absolute atomic E-state index is 0. The number of nitrogens with zero attached hydrogens (tertiary/aromatic N) is 4. The maximum absolute atomic E-state index is 12.5. The number of aromatic nitrogens is 4. The van der Waals surface area contributed by atoms with Crippen molar-refractivity contribution in [2.24, 2.45) is 5.73 Å². The zero-order chi connectivity index (χ0) is 18.3. The first-order chi connectivity index (χ1) is 12.0. The molecule has 152 valence electrons. The molecule has 8 nitrogen and oxygen atoms in total. The van der Waals surface area contributed by atoms with Gasteiger partial charge < -0.3 is 16.4 Å². The van der Waals surface area contributed by atoms with Crippen LogP contribution in [-0.4, -0.2) is 44.2 Å². The zero-order valence-corrected chi connectivity index (χ0v) is 17.5. The van der Waals surface area contributed by atoms with Crippen LogP contribution in [-0.2, 0) is 4.79 Å². The highest BCUT2D eigenvalue weighted by Gasteiger charge is 2.24. The number of anilines is 1. The number of carbonyl (C=O) groups excluding carboxylic acids is 1. The van der Waals surface area contributed by atoms with E-state index in [1.54, 1.807) is 4.68 Å². The number of tetrazole rings is 1. The van der Waals surface area contributed by atoms with Gasteiger partial charge in [-0.25, -0.2) is 0 Å². The van der Waals surface area contributed by atoms with Crippen LogP contribution in [0.5, 0.6) is 0 Å². The Labute approximate surface area is 172 Å². The zero-order valence-electron chi connectivity index (χ0n) is 15.9. The van der Waals surface area contributed by atoms with Gasteiger partial charge in [0, 0.05) is 12.1 Å². The van der Waals surface area contributed by atoms with E-state index in [1.807, 2.05) is 51.1 Å². The van der Waals surface area contributed by atoms with Crippen LogP contribution in [0, 0.1) is 0 Å². The molecule has 0 bridgehead atoms. The molecule has 2 rings (SSSR count). The van der Waals surface area contributed by atoms with E-state index in [1.165, 1.54) is 0 Å². The number of amides is 1. The number of hydrogen-bond acceptors (Lipinski definition) is 6. The van der Waals surface area contributed by atoms with Crippen molar-refractivity contribution in [3.05, 3.63) is 30.3 Å². The Balaban J connectivity index is 0.00000338. The second kappa shape index (κ2) is 11.7. The summed E-state index contributed by atoms with van der Waals surface area (Å²) in [5.74, 6) is 0.319. The molecule has 1 aromatic carbocycles. The van der Waals surface area contributed by atoms with E-state index in [0.29, 0.717) is 18.9 Å². The van der Waals surface area contributed by atoms with E-state index < -0.39 is 6.04 Å². The summed E-state index contributed by atoms with van der Waals surface area (Å²) in [5.41, 5.74) is 6.70. The van der Waals surface area contributed by atoms with Crippen molar-refractivity contribution in [3.63, 3.8) is 0 Å². The quantitative estimate of drug-likeness (QED) is 0.577. The lowest BCUT2D eigenvalue weighted by Gasteiger charge is -2.28. The molecule has 0 radical (unpaired) electrons. The third-order valence-corrected chi connectivity index (χ3v) is 4.52. The van der Waals surface area contributed by atoms with Crippen molar-refractivity contribution in [1.29, 1.82) is 0 Å². The second-order valence-electron chi connectivity index (χ2n) is 6.14. The summed E-state index contributed by atoms with van der Waals surface area (Å²) in [4.78, 5) is 12.5. The number of carbonyl (C=O) groups is 1. The summed E-state index contributed by atoms with van der Waals surface area (Å²) < 4.78 is 1.57. The van der Waals surface area contributed by atoms with Crippen LogP contribution in [0.1, 0.15) is 40.0 Å². The lowest BCUT2D eigenvalue weighted by molar-refractivity contribution is -0.122. The molecule has 0 aliphatic heterocycles. The minimum atomic E-state index is -0.438. The van der Waals surface area contributed by atoms with Gasteiger partial charge in [0.05, 0.1) is 5.69 Å². The van der Waals surface area contributed by atoms with E-state index in [-0.39, 0.29) is 36.3 Å². The predicted molar refractivity (Wildman–Crippen MR) is 112 cm³/mol. The highest BCUT2D eigenvalue weighted by molar-refractivity contribution is 5.85. The molecule has 0 aliphatic carbocycles. The van der Waals surface area contributed by atoms with Crippen molar-refractivity contribution >= 4 is 36.7 Å². The summed E-state index contributed by atoms with van der Waals surface area (Å²) in [6, 6.07) is 9.08. The Morgan fingerprint density at radius 1 is 1.19 bits per heavy atom. The maximum atomic E-state index is 12.5. The third kappa shape index (κ3) is 6.64. The van der Waals surface area contributed by atoms with Gasteiger partial charge in [-0.2, -0.15) is 4.68 Å². The van der Waals surface area contributed by atoms with Crippen LogP contribution >= 0.6 is 24.8 Å². The Morgan fingerprint density at radius 3 is 2.37 bits per heavy atom. The third-order valence-electron chi connectivity index (χ3n) is 4.52. The topological polar surface area (TPSA) is 111 Å². The fraction of sp³-hybridized carbons (Fsp3) is 0.529. The van der Waals surface area contributed by atoms with Gasteiger partial charge >= 0.3 is 0 Å². The summed E-state index contributed by atoms with van der Waals surface area (Å²) in [6.45, 7) is 6.43. The molecule has 0 spiro atoms. The number of para-hydroxylation sites is 1. The summed E-state index contributed by atoms with van der Waals surface area (Å²) in [7, 11) is 0. The van der Waals surface area contributed by atoms with Gasteiger partial charge in [0.1, 0.15) is 6.04 Å². The minimum Gasteiger partial charge on any atom is -0.352 e. The first kappa shape index (κ1) is 25.1. The monoisotopic (exact) mass is 417 g/mol. The molecule has 0 saturated carbocycles. The first-order valence-electron chi connectivity index (χ1n) is 8.70. The van der Waals surface area contributed by atoms with Gasteiger partial charge in [-0.15, -0.1) is 24.8 Å². The normalized spacial score (nSPS) is 11.7. The van der Waals surface area contributed by atoms with Crippen LogP contribution < -0.4 is 16.4 Å². The number of hydrogen-bond donors (Lipinski definition) is 3. The SMILES string of the molecule is CCC(Nc1nnnn1-c1ccccc1)C(=O)NCC(N)(CC)CC.Cl.Cl. The smallest absolute Gasteiger partial charge is 0.248 e. The van der Waals surface area contributed by atoms with Crippen molar-refractivity contribution in [2.75, 3.05) is 11.9 Å². The fourth-order valence-corrected chi connectivity index (χ4v) is 2.42. The van der Waals surface area contributed by atoms with Gasteiger partial charge in [0.2, 0.25) is 11.9 Å². The number of benzene rings is 1. The van der Waals surface area contributed by atoms with E-state index >= 15 is 0 Å². The molecule has 1 unspecified atom stereocenters. The van der Waals surface area contributed by atoms with Crippen molar-refractivity contribution in [2.45, 2.75) is 51.6 Å². The molecule has 0 fully saturated rings. The molecule has 1 amide bonds. The van der Waals surface area contributed by atoms with E-state index in [4.69, 9.17) is 5.73 Å².